The molecule has 0 bridgehead atoms. The summed E-state index contributed by atoms with van der Waals surface area (Å²) >= 11 is 3.23. The molecule has 0 aliphatic carbocycles. The van der Waals surface area contributed by atoms with Crippen molar-refractivity contribution >= 4 is 22.2 Å². The summed E-state index contributed by atoms with van der Waals surface area (Å²) in [5, 5.41) is 0. The van der Waals surface area contributed by atoms with Crippen LogP contribution in [0.5, 0.6) is 11.5 Å². The van der Waals surface area contributed by atoms with Crippen molar-refractivity contribution < 1.29 is 14.3 Å². The molecule has 3 nitrogen and oxygen atoms in total. The number of hydrogen-bond donors (Lipinski definition) is 0. The van der Waals surface area contributed by atoms with E-state index in [-0.39, 0.29) is 4.83 Å². The largest absolute Gasteiger partial charge is 0.497 e. The highest BCUT2D eigenvalue weighted by Gasteiger charge is 2.12. The summed E-state index contributed by atoms with van der Waals surface area (Å²) in [5.74, 6) is 1.34. The number of hydrogen-bond acceptors (Lipinski definition) is 3. The summed E-state index contributed by atoms with van der Waals surface area (Å²) < 4.78 is 10.2. The molecule has 0 aliphatic rings. The number of halogens is 1. The first-order chi connectivity index (χ1) is 6.72. The van der Waals surface area contributed by atoms with Gasteiger partial charge in [-0.3, -0.25) is 0 Å². The van der Waals surface area contributed by atoms with Gasteiger partial charge in [-0.05, 0) is 6.07 Å². The van der Waals surface area contributed by atoms with Gasteiger partial charge in [0, 0.05) is 11.6 Å². The molecule has 0 radical (unpaired) electrons. The van der Waals surface area contributed by atoms with Crippen molar-refractivity contribution in [3.63, 3.8) is 0 Å². The van der Waals surface area contributed by atoms with E-state index in [4.69, 9.17) is 9.47 Å². The van der Waals surface area contributed by atoms with Crippen LogP contribution in [-0.4, -0.2) is 20.5 Å². The molecule has 4 heteroatoms. The van der Waals surface area contributed by atoms with E-state index in [1.54, 1.807) is 32.4 Å². The van der Waals surface area contributed by atoms with Gasteiger partial charge in [0.05, 0.1) is 19.0 Å². The highest BCUT2D eigenvalue weighted by Crippen LogP contribution is 2.32. The molecular weight excluding hydrogens is 248 g/mol. The number of aldehydes is 1. The zero-order valence-corrected chi connectivity index (χ0v) is 9.58. The van der Waals surface area contributed by atoms with Crippen LogP contribution in [0, 0.1) is 0 Å². The molecule has 0 amide bonds. The predicted molar refractivity (Wildman–Crippen MR) is 57.3 cm³/mol. The zero-order chi connectivity index (χ0) is 10.6. The van der Waals surface area contributed by atoms with Crippen LogP contribution in [0.4, 0.5) is 0 Å². The van der Waals surface area contributed by atoms with E-state index < -0.39 is 0 Å². The minimum atomic E-state index is -0.344. The lowest BCUT2D eigenvalue weighted by molar-refractivity contribution is -0.107. The Kier molecular flexibility index (Phi) is 3.95. The molecule has 76 valence electrons. The number of benzene rings is 1. The van der Waals surface area contributed by atoms with E-state index in [0.717, 1.165) is 11.8 Å². The van der Waals surface area contributed by atoms with Gasteiger partial charge < -0.3 is 14.3 Å². The first kappa shape index (κ1) is 11.0. The van der Waals surface area contributed by atoms with E-state index in [9.17, 15) is 4.79 Å². The quantitative estimate of drug-likeness (QED) is 0.615. The third kappa shape index (κ3) is 2.26. The van der Waals surface area contributed by atoms with Crippen LogP contribution in [0.2, 0.25) is 0 Å². The number of ether oxygens (including phenoxy) is 2. The Hall–Kier alpha value is -1.03. The molecule has 1 atom stereocenters. The predicted octanol–water partition coefficient (Wildman–Crippen LogP) is 2.34. The van der Waals surface area contributed by atoms with Crippen LogP contribution in [0.3, 0.4) is 0 Å². The van der Waals surface area contributed by atoms with Crippen LogP contribution < -0.4 is 9.47 Å². The van der Waals surface area contributed by atoms with Gasteiger partial charge in [0.1, 0.15) is 17.8 Å². The second-order valence-corrected chi connectivity index (χ2v) is 3.63. The second-order valence-electron chi connectivity index (χ2n) is 2.65. The summed E-state index contributed by atoms with van der Waals surface area (Å²) in [5.41, 5.74) is 0.795. The standard InChI is InChI=1S/C10H11BrO3/c1-13-7-3-4-8(9(11)6-12)10(5-7)14-2/h3-6,9H,1-2H3. The number of alkyl halides is 1. The fourth-order valence-corrected chi connectivity index (χ4v) is 1.50. The van der Waals surface area contributed by atoms with Crippen molar-refractivity contribution in [3.05, 3.63) is 23.8 Å². The van der Waals surface area contributed by atoms with Gasteiger partial charge in [-0.2, -0.15) is 0 Å². The van der Waals surface area contributed by atoms with E-state index in [1.807, 2.05) is 0 Å². The summed E-state index contributed by atoms with van der Waals surface area (Å²) in [6.07, 6.45) is 0.810. The van der Waals surface area contributed by atoms with Gasteiger partial charge in [0.2, 0.25) is 0 Å². The summed E-state index contributed by atoms with van der Waals surface area (Å²) in [4.78, 5) is 10.3. The summed E-state index contributed by atoms with van der Waals surface area (Å²) in [6, 6.07) is 5.33. The average Bonchev–Trinajstić information content (AvgIpc) is 2.27. The Morgan fingerprint density at radius 3 is 2.57 bits per heavy atom. The third-order valence-electron chi connectivity index (χ3n) is 1.86. The Labute approximate surface area is 91.1 Å². The van der Waals surface area contributed by atoms with Crippen LogP contribution in [0.15, 0.2) is 18.2 Å². The lowest BCUT2D eigenvalue weighted by Gasteiger charge is -2.10. The van der Waals surface area contributed by atoms with E-state index in [2.05, 4.69) is 15.9 Å². The first-order valence-electron chi connectivity index (χ1n) is 4.04. The number of carbonyl (C=O) groups excluding carboxylic acids is 1. The Bertz CT molecular complexity index is 325. The maximum Gasteiger partial charge on any atom is 0.138 e. The maximum atomic E-state index is 10.6. The second kappa shape index (κ2) is 5.00. The fraction of sp³-hybridized carbons (Fsp3) is 0.300. The normalized spacial score (nSPS) is 11.9. The minimum Gasteiger partial charge on any atom is -0.497 e. The molecule has 0 aliphatic heterocycles. The van der Waals surface area contributed by atoms with E-state index >= 15 is 0 Å². The summed E-state index contributed by atoms with van der Waals surface area (Å²) in [6.45, 7) is 0. The van der Waals surface area contributed by atoms with Gasteiger partial charge in [0.25, 0.3) is 0 Å². The minimum absolute atomic E-state index is 0.344. The molecule has 0 heterocycles. The van der Waals surface area contributed by atoms with Crippen LogP contribution in [-0.2, 0) is 4.79 Å². The van der Waals surface area contributed by atoms with E-state index in [1.165, 1.54) is 0 Å². The van der Waals surface area contributed by atoms with Crippen LogP contribution >= 0.6 is 15.9 Å². The molecular formula is C10H11BrO3. The zero-order valence-electron chi connectivity index (χ0n) is 7.99. The number of rotatable bonds is 4. The topological polar surface area (TPSA) is 35.5 Å². The van der Waals surface area contributed by atoms with Crippen LogP contribution in [0.25, 0.3) is 0 Å². The lowest BCUT2D eigenvalue weighted by atomic mass is 10.1. The van der Waals surface area contributed by atoms with Gasteiger partial charge in [-0.25, -0.2) is 0 Å². The monoisotopic (exact) mass is 258 g/mol. The van der Waals surface area contributed by atoms with Crippen molar-refractivity contribution in [2.45, 2.75) is 4.83 Å². The van der Waals surface area contributed by atoms with Crippen molar-refractivity contribution in [2.75, 3.05) is 14.2 Å². The molecule has 1 rings (SSSR count). The van der Waals surface area contributed by atoms with Gasteiger partial charge in [-0.15, -0.1) is 0 Å². The third-order valence-corrected chi connectivity index (χ3v) is 2.57. The first-order valence-corrected chi connectivity index (χ1v) is 4.95. The van der Waals surface area contributed by atoms with Crippen molar-refractivity contribution in [1.82, 2.24) is 0 Å². The average molecular weight is 259 g/mol. The smallest absolute Gasteiger partial charge is 0.138 e. The Balaban J connectivity index is 3.10. The SMILES string of the molecule is COc1ccc(C(Br)C=O)c(OC)c1. The molecule has 0 saturated carbocycles. The molecule has 1 aromatic rings. The van der Waals surface area contributed by atoms with Gasteiger partial charge in [0.15, 0.2) is 0 Å². The summed E-state index contributed by atoms with van der Waals surface area (Å²) in [7, 11) is 3.14. The van der Waals surface area contributed by atoms with Crippen molar-refractivity contribution in [1.29, 1.82) is 0 Å². The Morgan fingerprint density at radius 1 is 1.36 bits per heavy atom. The van der Waals surface area contributed by atoms with Gasteiger partial charge >= 0.3 is 0 Å². The molecule has 0 N–H and O–H groups in total. The van der Waals surface area contributed by atoms with Crippen molar-refractivity contribution in [2.24, 2.45) is 0 Å². The van der Waals surface area contributed by atoms with Crippen LogP contribution in [0.1, 0.15) is 10.4 Å². The van der Waals surface area contributed by atoms with E-state index in [0.29, 0.717) is 11.5 Å². The van der Waals surface area contributed by atoms with Crippen molar-refractivity contribution in [3.8, 4) is 11.5 Å². The molecule has 0 spiro atoms. The molecule has 14 heavy (non-hydrogen) atoms. The van der Waals surface area contributed by atoms with Gasteiger partial charge in [-0.1, -0.05) is 22.0 Å². The highest BCUT2D eigenvalue weighted by molar-refractivity contribution is 9.09. The molecule has 1 unspecified atom stereocenters. The molecule has 0 aromatic heterocycles. The Morgan fingerprint density at radius 2 is 2.07 bits per heavy atom. The number of carbonyl (C=O) groups is 1. The fourth-order valence-electron chi connectivity index (χ4n) is 1.12. The lowest BCUT2D eigenvalue weighted by Crippen LogP contribution is -1.96. The maximum absolute atomic E-state index is 10.6. The molecule has 0 saturated heterocycles. The number of methoxy groups -OCH3 is 2. The molecule has 1 aromatic carbocycles. The molecule has 0 fully saturated rings. The highest BCUT2D eigenvalue weighted by atomic mass is 79.9.